The number of primary amides is 1. The molecule has 3 amide bonds. The van der Waals surface area contributed by atoms with E-state index < -0.39 is 11.9 Å². The van der Waals surface area contributed by atoms with Crippen LogP contribution in [-0.4, -0.2) is 35.5 Å². The average molecular weight is 183 g/mol. The maximum atomic E-state index is 11.3. The molecule has 2 aliphatic heterocycles. The third kappa shape index (κ3) is 1.15. The van der Waals surface area contributed by atoms with E-state index in [1.807, 2.05) is 6.92 Å². The van der Waals surface area contributed by atoms with Crippen molar-refractivity contribution in [3.05, 3.63) is 0 Å². The normalized spacial score (nSPS) is 37.5. The first-order valence-electron chi connectivity index (χ1n) is 4.46. The number of amides is 3. The maximum absolute atomic E-state index is 11.3. The summed E-state index contributed by atoms with van der Waals surface area (Å²) < 4.78 is 0. The third-order valence-electron chi connectivity index (χ3n) is 2.83. The van der Waals surface area contributed by atoms with Gasteiger partial charge in [-0.2, -0.15) is 0 Å². The minimum atomic E-state index is -0.418. The van der Waals surface area contributed by atoms with E-state index in [9.17, 15) is 9.59 Å². The summed E-state index contributed by atoms with van der Waals surface area (Å²) in [5.41, 5.74) is 5.24. The SMILES string of the molecule is CC1C[C@@H]2CN(C(=O)N2)[C@@H]1C(N)=O. The highest BCUT2D eigenvalue weighted by Gasteiger charge is 2.44. The van der Waals surface area contributed by atoms with Crippen LogP contribution in [0, 0.1) is 5.92 Å². The van der Waals surface area contributed by atoms with Crippen molar-refractivity contribution in [1.82, 2.24) is 10.2 Å². The molecule has 0 aromatic carbocycles. The van der Waals surface area contributed by atoms with E-state index in [1.54, 1.807) is 4.90 Å². The zero-order valence-electron chi connectivity index (χ0n) is 7.49. The molecule has 0 spiro atoms. The van der Waals surface area contributed by atoms with E-state index >= 15 is 0 Å². The molecule has 0 saturated carbocycles. The van der Waals surface area contributed by atoms with Crippen molar-refractivity contribution < 1.29 is 9.59 Å². The number of rotatable bonds is 1. The second-order valence-corrected chi connectivity index (χ2v) is 3.86. The number of urea groups is 1. The Bertz CT molecular complexity index is 266. The monoisotopic (exact) mass is 183 g/mol. The minimum absolute atomic E-state index is 0.154. The first-order valence-corrected chi connectivity index (χ1v) is 4.46. The second-order valence-electron chi connectivity index (χ2n) is 3.86. The first kappa shape index (κ1) is 8.34. The minimum Gasteiger partial charge on any atom is -0.368 e. The number of fused-ring (bicyclic) bond motifs is 2. The molecule has 72 valence electrons. The van der Waals surface area contributed by atoms with Gasteiger partial charge in [-0.25, -0.2) is 4.79 Å². The predicted molar refractivity (Wildman–Crippen MR) is 45.8 cm³/mol. The van der Waals surface area contributed by atoms with E-state index in [0.29, 0.717) is 6.54 Å². The average Bonchev–Trinajstić information content (AvgIpc) is 2.27. The van der Waals surface area contributed by atoms with E-state index in [0.717, 1.165) is 6.42 Å². The van der Waals surface area contributed by atoms with Gasteiger partial charge in [0, 0.05) is 12.6 Å². The zero-order valence-corrected chi connectivity index (χ0v) is 7.49. The lowest BCUT2D eigenvalue weighted by Gasteiger charge is -2.33. The summed E-state index contributed by atoms with van der Waals surface area (Å²) in [6.07, 6.45) is 0.843. The molecular formula is C8H13N3O2. The van der Waals surface area contributed by atoms with Crippen molar-refractivity contribution in [2.75, 3.05) is 6.54 Å². The lowest BCUT2D eigenvalue weighted by atomic mass is 9.89. The summed E-state index contributed by atoms with van der Waals surface area (Å²) in [4.78, 5) is 24.0. The number of carbonyl (C=O) groups excluding carboxylic acids is 2. The van der Waals surface area contributed by atoms with Gasteiger partial charge in [-0.05, 0) is 12.3 Å². The van der Waals surface area contributed by atoms with Gasteiger partial charge in [0.1, 0.15) is 6.04 Å². The van der Waals surface area contributed by atoms with Crippen LogP contribution in [0.2, 0.25) is 0 Å². The molecule has 0 aromatic heterocycles. The fraction of sp³-hybridized carbons (Fsp3) is 0.750. The Labute approximate surface area is 76.3 Å². The summed E-state index contributed by atoms with van der Waals surface area (Å²) >= 11 is 0. The first-order chi connectivity index (χ1) is 6.09. The maximum Gasteiger partial charge on any atom is 0.318 e. The Morgan fingerprint density at radius 2 is 2.38 bits per heavy atom. The zero-order chi connectivity index (χ0) is 9.59. The number of nitrogens with one attached hydrogen (secondary N) is 1. The van der Waals surface area contributed by atoms with Gasteiger partial charge in [0.05, 0.1) is 0 Å². The molecule has 0 radical (unpaired) electrons. The van der Waals surface area contributed by atoms with Crippen molar-refractivity contribution in [1.29, 1.82) is 0 Å². The van der Waals surface area contributed by atoms with Crippen LogP contribution >= 0.6 is 0 Å². The Kier molecular flexibility index (Phi) is 1.68. The molecule has 2 rings (SSSR count). The van der Waals surface area contributed by atoms with Gasteiger partial charge in [-0.15, -0.1) is 0 Å². The molecule has 2 fully saturated rings. The molecule has 1 unspecified atom stereocenters. The molecule has 0 aliphatic carbocycles. The summed E-state index contributed by atoms with van der Waals surface area (Å²) in [7, 11) is 0. The van der Waals surface area contributed by atoms with Crippen LogP contribution in [-0.2, 0) is 4.79 Å². The smallest absolute Gasteiger partial charge is 0.318 e. The Morgan fingerprint density at radius 1 is 1.69 bits per heavy atom. The van der Waals surface area contributed by atoms with Crippen LogP contribution in [0.5, 0.6) is 0 Å². The quantitative estimate of drug-likeness (QED) is 0.562. The van der Waals surface area contributed by atoms with Gasteiger partial charge in [-0.1, -0.05) is 6.92 Å². The van der Waals surface area contributed by atoms with Crippen molar-refractivity contribution in [3.8, 4) is 0 Å². The molecule has 2 saturated heterocycles. The highest BCUT2D eigenvalue weighted by atomic mass is 16.2. The fourth-order valence-electron chi connectivity index (χ4n) is 2.32. The second kappa shape index (κ2) is 2.61. The van der Waals surface area contributed by atoms with Crippen molar-refractivity contribution in [3.63, 3.8) is 0 Å². The molecule has 5 heteroatoms. The van der Waals surface area contributed by atoms with E-state index in [-0.39, 0.29) is 18.0 Å². The van der Waals surface area contributed by atoms with Crippen LogP contribution in [0.25, 0.3) is 0 Å². The molecule has 13 heavy (non-hydrogen) atoms. The Balaban J connectivity index is 2.25. The molecule has 2 aliphatic rings. The Hall–Kier alpha value is -1.26. The standard InChI is InChI=1S/C8H13N3O2/c1-4-2-5-3-11(8(13)10-5)6(4)7(9)12/h4-6H,2-3H2,1H3,(H2,9,12)(H,10,13)/t4?,5-,6+/m1/s1. The molecule has 3 atom stereocenters. The van der Waals surface area contributed by atoms with E-state index in [4.69, 9.17) is 5.73 Å². The van der Waals surface area contributed by atoms with Gasteiger partial charge >= 0.3 is 6.03 Å². The van der Waals surface area contributed by atoms with Crippen molar-refractivity contribution in [2.45, 2.75) is 25.4 Å². The summed E-state index contributed by atoms with van der Waals surface area (Å²) in [5, 5.41) is 2.81. The molecule has 0 aromatic rings. The van der Waals surface area contributed by atoms with Crippen LogP contribution in [0.15, 0.2) is 0 Å². The van der Waals surface area contributed by atoms with Gasteiger partial charge in [0.25, 0.3) is 0 Å². The van der Waals surface area contributed by atoms with Crippen LogP contribution in [0.4, 0.5) is 4.79 Å². The topological polar surface area (TPSA) is 75.4 Å². The number of nitrogens with zero attached hydrogens (tertiary/aromatic N) is 1. The summed E-state index contributed by atoms with van der Waals surface area (Å²) in [6.45, 7) is 2.58. The van der Waals surface area contributed by atoms with E-state index in [1.165, 1.54) is 0 Å². The highest BCUT2D eigenvalue weighted by Crippen LogP contribution is 2.27. The molecular weight excluding hydrogens is 170 g/mol. The Morgan fingerprint density at radius 3 is 3.00 bits per heavy atom. The number of piperidine rings is 1. The molecule has 3 N–H and O–H groups in total. The molecule has 2 bridgehead atoms. The number of nitrogens with two attached hydrogens (primary N) is 1. The van der Waals surface area contributed by atoms with Gasteiger partial charge in [0.15, 0.2) is 0 Å². The predicted octanol–water partition coefficient (Wildman–Crippen LogP) is -0.726. The molecule has 2 heterocycles. The highest BCUT2D eigenvalue weighted by molar-refractivity contribution is 5.88. The van der Waals surface area contributed by atoms with Gasteiger partial charge < -0.3 is 16.0 Å². The van der Waals surface area contributed by atoms with Gasteiger partial charge in [0.2, 0.25) is 5.91 Å². The number of hydrogen-bond acceptors (Lipinski definition) is 2. The summed E-state index contributed by atoms with van der Waals surface area (Å²) in [5.74, 6) is -0.238. The fourth-order valence-corrected chi connectivity index (χ4v) is 2.32. The largest absolute Gasteiger partial charge is 0.368 e. The molecule has 5 nitrogen and oxygen atoms in total. The van der Waals surface area contributed by atoms with Crippen LogP contribution < -0.4 is 11.1 Å². The summed E-state index contributed by atoms with van der Waals surface area (Å²) in [6, 6.07) is -0.366. The lowest BCUT2D eigenvalue weighted by Crippen LogP contribution is -2.52. The lowest BCUT2D eigenvalue weighted by molar-refractivity contribution is -0.124. The van der Waals surface area contributed by atoms with Gasteiger partial charge in [-0.3, -0.25) is 4.79 Å². The van der Waals surface area contributed by atoms with E-state index in [2.05, 4.69) is 5.32 Å². The van der Waals surface area contributed by atoms with Crippen molar-refractivity contribution in [2.24, 2.45) is 11.7 Å². The van der Waals surface area contributed by atoms with Crippen molar-refractivity contribution >= 4 is 11.9 Å². The number of carbonyl (C=O) groups is 2. The third-order valence-corrected chi connectivity index (χ3v) is 2.83. The number of hydrogen-bond donors (Lipinski definition) is 2. The van der Waals surface area contributed by atoms with Crippen LogP contribution in [0.3, 0.4) is 0 Å². The van der Waals surface area contributed by atoms with Crippen LogP contribution in [0.1, 0.15) is 13.3 Å².